The van der Waals surface area contributed by atoms with E-state index in [1.165, 1.54) is 30.3 Å². The van der Waals surface area contributed by atoms with Crippen molar-refractivity contribution in [2.75, 3.05) is 11.9 Å². The molecule has 2 aromatic carbocycles. The lowest BCUT2D eigenvalue weighted by Gasteiger charge is -2.15. The molecular weight excluding hydrogens is 391 g/mol. The van der Waals surface area contributed by atoms with Crippen LogP contribution in [0.3, 0.4) is 0 Å². The van der Waals surface area contributed by atoms with Gasteiger partial charge < -0.3 is 27.3 Å². The summed E-state index contributed by atoms with van der Waals surface area (Å²) < 4.78 is 18.6. The van der Waals surface area contributed by atoms with Crippen molar-refractivity contribution >= 4 is 17.6 Å². The molecule has 0 bridgehead atoms. The van der Waals surface area contributed by atoms with Gasteiger partial charge in [-0.15, -0.1) is 0 Å². The van der Waals surface area contributed by atoms with Crippen LogP contribution >= 0.6 is 0 Å². The number of halogens is 1. The number of carbonyl (C=O) groups excluding carboxylic acids is 2. The summed E-state index contributed by atoms with van der Waals surface area (Å²) in [7, 11) is 0. The Hall–Kier alpha value is -4.05. The predicted octanol–water partition coefficient (Wildman–Crippen LogP) is 1.40. The Morgan fingerprint density at radius 2 is 1.60 bits per heavy atom. The van der Waals surface area contributed by atoms with E-state index in [0.717, 1.165) is 0 Å². The van der Waals surface area contributed by atoms with Crippen molar-refractivity contribution in [1.29, 1.82) is 0 Å². The Morgan fingerprint density at radius 1 is 1.00 bits per heavy atom. The summed E-state index contributed by atoms with van der Waals surface area (Å²) in [4.78, 5) is 31.5. The van der Waals surface area contributed by atoms with E-state index in [4.69, 9.17) is 21.9 Å². The molecule has 0 aliphatic rings. The fraction of sp³-hybridized carbons (Fsp3) is 0.100. The zero-order chi connectivity index (χ0) is 21.7. The van der Waals surface area contributed by atoms with E-state index in [0.29, 0.717) is 17.1 Å². The Kier molecular flexibility index (Phi) is 6.18. The van der Waals surface area contributed by atoms with E-state index in [9.17, 15) is 14.0 Å². The third kappa shape index (κ3) is 5.06. The first-order chi connectivity index (χ1) is 14.4. The molecule has 0 aliphatic carbocycles. The second-order valence-electron chi connectivity index (χ2n) is 6.24. The van der Waals surface area contributed by atoms with Crippen LogP contribution in [0, 0.1) is 5.82 Å². The van der Waals surface area contributed by atoms with Crippen LogP contribution in [0.1, 0.15) is 10.5 Å². The normalized spacial score (nSPS) is 11.5. The molecule has 9 nitrogen and oxygen atoms in total. The second kappa shape index (κ2) is 8.97. The van der Waals surface area contributed by atoms with Crippen molar-refractivity contribution in [2.45, 2.75) is 6.04 Å². The molecule has 0 saturated carbocycles. The molecule has 1 atom stereocenters. The monoisotopic (exact) mass is 410 g/mol. The molecule has 0 spiro atoms. The standard InChI is InChI=1S/C20H19FN6O3/c21-12-3-7-14(8-4-12)30-13-5-1-11(2-6-13)20-26-15(18(23)28)9-17(27-20)25-16(10-22)19(24)29/h1-9,16H,10,22H2,(H2,23,28)(H2,24,29)(H,25,26,27). The lowest BCUT2D eigenvalue weighted by Crippen LogP contribution is -2.41. The fourth-order valence-corrected chi connectivity index (χ4v) is 2.51. The number of hydrogen-bond donors (Lipinski definition) is 4. The van der Waals surface area contributed by atoms with E-state index in [1.54, 1.807) is 24.3 Å². The number of rotatable bonds is 8. The molecule has 1 unspecified atom stereocenters. The summed E-state index contributed by atoms with van der Waals surface area (Å²) in [6, 6.07) is 12.7. The highest BCUT2D eigenvalue weighted by atomic mass is 19.1. The summed E-state index contributed by atoms with van der Waals surface area (Å²) in [5.41, 5.74) is 16.7. The van der Waals surface area contributed by atoms with Crippen LogP contribution in [0.5, 0.6) is 11.5 Å². The van der Waals surface area contributed by atoms with Gasteiger partial charge in [-0.05, 0) is 48.5 Å². The number of aromatic nitrogens is 2. The maximum absolute atomic E-state index is 13.0. The molecule has 30 heavy (non-hydrogen) atoms. The first-order valence-corrected chi connectivity index (χ1v) is 8.84. The Labute approximate surface area is 171 Å². The molecule has 0 fully saturated rings. The number of carbonyl (C=O) groups is 2. The van der Waals surface area contributed by atoms with E-state index < -0.39 is 17.9 Å². The first-order valence-electron chi connectivity index (χ1n) is 8.84. The topological polar surface area (TPSA) is 159 Å². The van der Waals surface area contributed by atoms with E-state index in [1.807, 2.05) is 0 Å². The molecule has 7 N–H and O–H groups in total. The van der Waals surface area contributed by atoms with Crippen molar-refractivity contribution in [2.24, 2.45) is 17.2 Å². The van der Waals surface area contributed by atoms with Crippen LogP contribution in [0.25, 0.3) is 11.4 Å². The van der Waals surface area contributed by atoms with Gasteiger partial charge in [0.2, 0.25) is 5.91 Å². The van der Waals surface area contributed by atoms with E-state index in [2.05, 4.69) is 15.3 Å². The Morgan fingerprint density at radius 3 is 2.13 bits per heavy atom. The summed E-state index contributed by atoms with van der Waals surface area (Å²) in [5.74, 6) is -0.436. The first kappa shape index (κ1) is 20.7. The van der Waals surface area contributed by atoms with Gasteiger partial charge in [0.15, 0.2) is 5.82 Å². The van der Waals surface area contributed by atoms with Gasteiger partial charge in [0.1, 0.15) is 34.9 Å². The predicted molar refractivity (Wildman–Crippen MR) is 108 cm³/mol. The van der Waals surface area contributed by atoms with Crippen LogP contribution in [0.2, 0.25) is 0 Å². The van der Waals surface area contributed by atoms with E-state index >= 15 is 0 Å². The maximum Gasteiger partial charge on any atom is 0.267 e. The van der Waals surface area contributed by atoms with Crippen LogP contribution in [-0.4, -0.2) is 34.4 Å². The number of hydrogen-bond acceptors (Lipinski definition) is 7. The van der Waals surface area contributed by atoms with Crippen LogP contribution in [0.4, 0.5) is 10.2 Å². The van der Waals surface area contributed by atoms with Crippen molar-refractivity contribution < 1.29 is 18.7 Å². The second-order valence-corrected chi connectivity index (χ2v) is 6.24. The van der Waals surface area contributed by atoms with Gasteiger partial charge in [-0.2, -0.15) is 0 Å². The van der Waals surface area contributed by atoms with Crippen molar-refractivity contribution in [3.63, 3.8) is 0 Å². The molecule has 1 aromatic heterocycles. The Bertz CT molecular complexity index is 1060. The van der Waals surface area contributed by atoms with Gasteiger partial charge >= 0.3 is 0 Å². The highest BCUT2D eigenvalue weighted by Gasteiger charge is 2.16. The van der Waals surface area contributed by atoms with Crippen molar-refractivity contribution in [3.8, 4) is 22.9 Å². The summed E-state index contributed by atoms with van der Waals surface area (Å²) in [5, 5.41) is 2.77. The molecule has 3 rings (SSSR count). The summed E-state index contributed by atoms with van der Waals surface area (Å²) >= 11 is 0. The van der Waals surface area contributed by atoms with Crippen LogP contribution in [-0.2, 0) is 4.79 Å². The minimum absolute atomic E-state index is 0.0469. The zero-order valence-electron chi connectivity index (χ0n) is 15.7. The molecule has 0 aliphatic heterocycles. The van der Waals surface area contributed by atoms with Gasteiger partial charge in [-0.25, -0.2) is 14.4 Å². The van der Waals surface area contributed by atoms with Crippen LogP contribution < -0.4 is 27.3 Å². The number of nitrogens with two attached hydrogens (primary N) is 3. The third-order valence-electron chi connectivity index (χ3n) is 4.04. The molecular formula is C20H19FN6O3. The quantitative estimate of drug-likeness (QED) is 0.437. The molecule has 3 aromatic rings. The average Bonchev–Trinajstić information content (AvgIpc) is 2.73. The van der Waals surface area contributed by atoms with Crippen molar-refractivity contribution in [3.05, 3.63) is 66.1 Å². The van der Waals surface area contributed by atoms with Crippen molar-refractivity contribution in [1.82, 2.24) is 9.97 Å². The van der Waals surface area contributed by atoms with Gasteiger partial charge in [-0.3, -0.25) is 9.59 Å². The maximum atomic E-state index is 13.0. The number of ether oxygens (including phenoxy) is 1. The number of anilines is 1. The van der Waals surface area contributed by atoms with Gasteiger partial charge in [-0.1, -0.05) is 0 Å². The van der Waals surface area contributed by atoms with Crippen LogP contribution in [0.15, 0.2) is 54.6 Å². The number of nitrogens with one attached hydrogen (secondary N) is 1. The zero-order valence-corrected chi connectivity index (χ0v) is 15.7. The minimum atomic E-state index is -0.875. The van der Waals surface area contributed by atoms with Gasteiger partial charge in [0, 0.05) is 18.2 Å². The number of benzene rings is 2. The molecule has 0 saturated heterocycles. The number of nitrogens with zero attached hydrogens (tertiary/aromatic N) is 2. The summed E-state index contributed by atoms with van der Waals surface area (Å²) in [6.07, 6.45) is 0. The molecule has 0 radical (unpaired) electrons. The largest absolute Gasteiger partial charge is 0.457 e. The fourth-order valence-electron chi connectivity index (χ4n) is 2.51. The number of amides is 2. The Balaban J connectivity index is 1.87. The summed E-state index contributed by atoms with van der Waals surface area (Å²) in [6.45, 7) is -0.0595. The number of primary amides is 2. The smallest absolute Gasteiger partial charge is 0.267 e. The molecule has 10 heteroatoms. The lowest BCUT2D eigenvalue weighted by molar-refractivity contribution is -0.118. The minimum Gasteiger partial charge on any atom is -0.457 e. The van der Waals surface area contributed by atoms with Gasteiger partial charge in [0.05, 0.1) is 0 Å². The third-order valence-corrected chi connectivity index (χ3v) is 4.04. The highest BCUT2D eigenvalue weighted by molar-refractivity contribution is 5.92. The molecule has 154 valence electrons. The average molecular weight is 410 g/mol. The molecule has 2 amide bonds. The van der Waals surface area contributed by atoms with E-state index in [-0.39, 0.29) is 29.7 Å². The molecule has 1 heterocycles. The lowest BCUT2D eigenvalue weighted by atomic mass is 10.2. The van der Waals surface area contributed by atoms with Gasteiger partial charge in [0.25, 0.3) is 5.91 Å². The highest BCUT2D eigenvalue weighted by Crippen LogP contribution is 2.25. The SMILES string of the molecule is NCC(Nc1cc(C(N)=O)nc(-c2ccc(Oc3ccc(F)cc3)cc2)n1)C(N)=O.